The molecule has 1 aromatic rings. The van der Waals surface area contributed by atoms with Gasteiger partial charge in [-0.3, -0.25) is 0 Å². The second kappa shape index (κ2) is 6.58. The van der Waals surface area contributed by atoms with Crippen LogP contribution in [0.1, 0.15) is 6.92 Å². The molecular formula is C11H17NO4S. The molecule has 17 heavy (non-hydrogen) atoms. The van der Waals surface area contributed by atoms with Crippen LogP contribution >= 0.6 is 0 Å². The zero-order valence-electron chi connectivity index (χ0n) is 9.76. The fourth-order valence-corrected chi connectivity index (χ4v) is 2.20. The number of anilines is 1. The largest absolute Gasteiger partial charge is 0.399 e. The number of nitrogen functional groups attached to an aromatic ring is 1. The molecule has 1 aromatic carbocycles. The summed E-state index contributed by atoms with van der Waals surface area (Å²) in [6.45, 7) is 3.12. The summed E-state index contributed by atoms with van der Waals surface area (Å²) in [6, 6.07) is 6.04. The molecule has 0 aliphatic carbocycles. The Morgan fingerprint density at radius 1 is 1.12 bits per heavy atom. The van der Waals surface area contributed by atoms with E-state index in [9.17, 15) is 8.42 Å². The molecule has 0 radical (unpaired) electrons. The number of hydrogen-bond donors (Lipinski definition) is 1. The first-order chi connectivity index (χ1) is 8.06. The molecule has 0 aromatic heterocycles. The maximum atomic E-state index is 11.8. The van der Waals surface area contributed by atoms with E-state index in [0.717, 1.165) is 0 Å². The summed E-state index contributed by atoms with van der Waals surface area (Å²) in [4.78, 5) is 0.211. The van der Waals surface area contributed by atoms with Crippen molar-refractivity contribution in [1.82, 2.24) is 0 Å². The molecule has 0 bridgehead atoms. The van der Waals surface area contributed by atoms with Gasteiger partial charge in [0.25, 0.3) is 0 Å². The van der Waals surface area contributed by atoms with Gasteiger partial charge in [-0.05, 0) is 31.2 Å². The molecule has 96 valence electrons. The van der Waals surface area contributed by atoms with Gasteiger partial charge in [0.05, 0.1) is 18.1 Å². The molecule has 6 heteroatoms. The van der Waals surface area contributed by atoms with Crippen LogP contribution in [0.5, 0.6) is 0 Å². The topological polar surface area (TPSA) is 78.6 Å². The van der Waals surface area contributed by atoms with Gasteiger partial charge in [0.15, 0.2) is 5.94 Å². The van der Waals surface area contributed by atoms with Gasteiger partial charge in [0, 0.05) is 12.3 Å². The van der Waals surface area contributed by atoms with Gasteiger partial charge in [0.1, 0.15) is 0 Å². The molecule has 0 heterocycles. The monoisotopic (exact) mass is 259 g/mol. The molecule has 1 rings (SSSR count). The van der Waals surface area contributed by atoms with Crippen molar-refractivity contribution in [2.24, 2.45) is 0 Å². The second-order valence-corrected chi connectivity index (χ2v) is 5.34. The quantitative estimate of drug-likeness (QED) is 0.585. The van der Waals surface area contributed by atoms with Gasteiger partial charge in [-0.1, -0.05) is 0 Å². The third-order valence-corrected chi connectivity index (χ3v) is 3.52. The summed E-state index contributed by atoms with van der Waals surface area (Å²) in [7, 11) is -3.40. The molecule has 0 atom stereocenters. The fourth-order valence-electron chi connectivity index (χ4n) is 1.17. The Morgan fingerprint density at radius 2 is 1.71 bits per heavy atom. The molecule has 0 fully saturated rings. The first-order valence-corrected chi connectivity index (χ1v) is 6.95. The van der Waals surface area contributed by atoms with E-state index < -0.39 is 9.84 Å². The van der Waals surface area contributed by atoms with Gasteiger partial charge >= 0.3 is 0 Å². The van der Waals surface area contributed by atoms with E-state index in [0.29, 0.717) is 18.9 Å². The lowest BCUT2D eigenvalue weighted by atomic mass is 10.3. The summed E-state index contributed by atoms with van der Waals surface area (Å²) in [6.07, 6.45) is 0. The highest BCUT2D eigenvalue weighted by Gasteiger charge is 2.13. The van der Waals surface area contributed by atoms with Crippen molar-refractivity contribution >= 4 is 15.5 Å². The molecule has 0 saturated carbocycles. The van der Waals surface area contributed by atoms with Crippen LogP contribution in [0.3, 0.4) is 0 Å². The predicted octanol–water partition coefficient (Wildman–Crippen LogP) is 1.05. The zero-order chi connectivity index (χ0) is 12.7. The lowest BCUT2D eigenvalue weighted by Gasteiger charge is -2.06. The molecule has 2 N–H and O–H groups in total. The van der Waals surface area contributed by atoms with Crippen LogP contribution in [0.4, 0.5) is 5.69 Å². The molecular weight excluding hydrogens is 242 g/mol. The van der Waals surface area contributed by atoms with Crippen LogP contribution < -0.4 is 5.73 Å². The normalized spacial score (nSPS) is 11.6. The lowest BCUT2D eigenvalue weighted by molar-refractivity contribution is 0.0703. The van der Waals surface area contributed by atoms with E-state index in [1.54, 1.807) is 12.1 Å². The Hall–Kier alpha value is -1.11. The van der Waals surface area contributed by atoms with Crippen molar-refractivity contribution in [3.05, 3.63) is 24.3 Å². The van der Waals surface area contributed by atoms with Gasteiger partial charge in [-0.2, -0.15) is 0 Å². The highest BCUT2D eigenvalue weighted by Crippen LogP contribution is 2.13. The Kier molecular flexibility index (Phi) is 5.40. The van der Waals surface area contributed by atoms with E-state index in [4.69, 9.17) is 15.2 Å². The summed E-state index contributed by atoms with van der Waals surface area (Å²) in [5.74, 6) is -0.343. The number of nitrogens with two attached hydrogens (primary N) is 1. The molecule has 5 nitrogen and oxygen atoms in total. The molecule has 0 aliphatic rings. The van der Waals surface area contributed by atoms with Crippen LogP contribution in [0.15, 0.2) is 29.2 Å². The molecule has 0 saturated heterocycles. The number of rotatable bonds is 7. The van der Waals surface area contributed by atoms with Crippen molar-refractivity contribution < 1.29 is 17.9 Å². The fraction of sp³-hybridized carbons (Fsp3) is 0.455. The number of ether oxygens (including phenoxy) is 2. The molecule has 0 unspecified atom stereocenters. The number of benzene rings is 1. The average Bonchev–Trinajstić information content (AvgIpc) is 2.29. The first-order valence-electron chi connectivity index (χ1n) is 5.30. The predicted molar refractivity (Wildman–Crippen MR) is 65.4 cm³/mol. The number of hydrogen-bond acceptors (Lipinski definition) is 5. The third kappa shape index (κ3) is 4.72. The summed E-state index contributed by atoms with van der Waals surface area (Å²) >= 11 is 0. The van der Waals surface area contributed by atoms with E-state index >= 15 is 0 Å². The van der Waals surface area contributed by atoms with Gasteiger partial charge in [0.2, 0.25) is 9.84 Å². The van der Waals surface area contributed by atoms with Crippen LogP contribution in [-0.2, 0) is 19.3 Å². The van der Waals surface area contributed by atoms with E-state index in [1.165, 1.54) is 12.1 Å². The van der Waals surface area contributed by atoms with Crippen LogP contribution in [0, 0.1) is 0 Å². The first kappa shape index (κ1) is 14.0. The Labute approximate surface area is 101 Å². The minimum absolute atomic E-state index is 0.211. The summed E-state index contributed by atoms with van der Waals surface area (Å²) < 4.78 is 33.6. The van der Waals surface area contributed by atoms with Crippen molar-refractivity contribution in [2.45, 2.75) is 11.8 Å². The maximum absolute atomic E-state index is 11.8. The smallest absolute Gasteiger partial charge is 0.202 e. The minimum Gasteiger partial charge on any atom is -0.399 e. The van der Waals surface area contributed by atoms with Gasteiger partial charge in [-0.15, -0.1) is 0 Å². The lowest BCUT2D eigenvalue weighted by Crippen LogP contribution is -2.13. The van der Waals surface area contributed by atoms with Crippen molar-refractivity contribution in [3.8, 4) is 0 Å². The average molecular weight is 259 g/mol. The van der Waals surface area contributed by atoms with Gasteiger partial charge < -0.3 is 15.2 Å². The van der Waals surface area contributed by atoms with Crippen molar-refractivity contribution in [1.29, 1.82) is 0 Å². The van der Waals surface area contributed by atoms with E-state index in [2.05, 4.69) is 0 Å². The Bertz CT molecular complexity index is 427. The van der Waals surface area contributed by atoms with Crippen molar-refractivity contribution in [2.75, 3.05) is 31.5 Å². The standard InChI is InChI=1S/C11H17NO4S/c1-2-15-7-8-16-9-17(13,14)11-5-3-10(12)4-6-11/h3-6H,2,7-9,12H2,1H3. The zero-order valence-corrected chi connectivity index (χ0v) is 10.6. The van der Waals surface area contributed by atoms with Crippen molar-refractivity contribution in [3.63, 3.8) is 0 Å². The maximum Gasteiger partial charge on any atom is 0.202 e. The Balaban J connectivity index is 2.48. The summed E-state index contributed by atoms with van der Waals surface area (Å²) in [5, 5.41) is 0. The molecule has 0 amide bonds. The SMILES string of the molecule is CCOCCOCS(=O)(=O)c1ccc(N)cc1. The van der Waals surface area contributed by atoms with Gasteiger partial charge in [-0.25, -0.2) is 8.42 Å². The number of sulfone groups is 1. The minimum atomic E-state index is -3.40. The van der Waals surface area contributed by atoms with E-state index in [-0.39, 0.29) is 17.4 Å². The van der Waals surface area contributed by atoms with Crippen LogP contribution in [0.2, 0.25) is 0 Å². The Morgan fingerprint density at radius 3 is 2.29 bits per heavy atom. The third-order valence-electron chi connectivity index (χ3n) is 2.05. The van der Waals surface area contributed by atoms with Crippen LogP contribution in [-0.4, -0.2) is 34.2 Å². The van der Waals surface area contributed by atoms with E-state index in [1.807, 2.05) is 6.92 Å². The highest BCUT2D eigenvalue weighted by atomic mass is 32.2. The second-order valence-electron chi connectivity index (χ2n) is 3.41. The van der Waals surface area contributed by atoms with Crippen LogP contribution in [0.25, 0.3) is 0 Å². The summed E-state index contributed by atoms with van der Waals surface area (Å²) in [5.41, 5.74) is 6.01. The highest BCUT2D eigenvalue weighted by molar-refractivity contribution is 7.91. The molecule has 0 spiro atoms. The molecule has 0 aliphatic heterocycles.